The molecule has 0 aromatic carbocycles. The third-order valence-corrected chi connectivity index (χ3v) is 5.51. The number of carbonyl (C=O) groups excluding carboxylic acids is 2. The van der Waals surface area contributed by atoms with Crippen LogP contribution in [0.5, 0.6) is 0 Å². The molecule has 2 aliphatic rings. The zero-order chi connectivity index (χ0) is 21.2. The topological polar surface area (TPSA) is 84.7 Å². The van der Waals surface area contributed by atoms with E-state index in [2.05, 4.69) is 10.5 Å². The number of halogens is 2. The third kappa shape index (κ3) is 5.67. The van der Waals surface area contributed by atoms with Crippen LogP contribution in [0.25, 0.3) is 0 Å². The van der Waals surface area contributed by atoms with Crippen LogP contribution in [0.15, 0.2) is 10.6 Å². The first kappa shape index (κ1) is 21.5. The lowest BCUT2D eigenvalue weighted by molar-refractivity contribution is -0.142. The molecule has 29 heavy (non-hydrogen) atoms. The Hall–Kier alpha value is -2.19. The minimum Gasteiger partial charge on any atom is -0.444 e. The van der Waals surface area contributed by atoms with Crippen LogP contribution in [0.3, 0.4) is 0 Å². The second kappa shape index (κ2) is 8.28. The molecule has 3 rings (SSSR count). The molecule has 0 spiro atoms. The Labute approximate surface area is 169 Å². The van der Waals surface area contributed by atoms with E-state index in [-0.39, 0.29) is 55.3 Å². The molecule has 2 heterocycles. The molecule has 1 unspecified atom stereocenters. The van der Waals surface area contributed by atoms with Gasteiger partial charge in [-0.3, -0.25) is 10.1 Å². The quantitative estimate of drug-likeness (QED) is 0.797. The maximum Gasteiger partial charge on any atom is 0.413 e. The second-order valence-electron chi connectivity index (χ2n) is 9.04. The van der Waals surface area contributed by atoms with Gasteiger partial charge in [0.2, 0.25) is 11.8 Å². The van der Waals surface area contributed by atoms with Gasteiger partial charge in [-0.15, -0.1) is 0 Å². The number of rotatable bonds is 3. The van der Waals surface area contributed by atoms with Gasteiger partial charge in [0.05, 0.1) is 6.54 Å². The van der Waals surface area contributed by atoms with Crippen LogP contribution in [0.2, 0.25) is 0 Å². The van der Waals surface area contributed by atoms with Crippen molar-refractivity contribution in [3.05, 3.63) is 11.8 Å². The fourth-order valence-corrected chi connectivity index (χ4v) is 3.75. The van der Waals surface area contributed by atoms with Gasteiger partial charge in [-0.1, -0.05) is 25.9 Å². The summed E-state index contributed by atoms with van der Waals surface area (Å²) in [5, 5.41) is 6.36. The van der Waals surface area contributed by atoms with Crippen molar-refractivity contribution < 1.29 is 27.6 Å². The van der Waals surface area contributed by atoms with E-state index in [4.69, 9.17) is 9.26 Å². The first-order valence-corrected chi connectivity index (χ1v) is 10.1. The Morgan fingerprint density at radius 2 is 1.97 bits per heavy atom. The Kier molecular flexibility index (Phi) is 6.14. The number of alkyl halides is 2. The molecule has 1 atom stereocenters. The summed E-state index contributed by atoms with van der Waals surface area (Å²) in [6.45, 7) is 6.75. The highest BCUT2D eigenvalue weighted by molar-refractivity contribution is 5.83. The predicted molar refractivity (Wildman–Crippen MR) is 102 cm³/mol. The van der Waals surface area contributed by atoms with E-state index in [9.17, 15) is 18.4 Å². The molecular weight excluding hydrogens is 384 g/mol. The summed E-state index contributed by atoms with van der Waals surface area (Å²) in [5.74, 6) is -2.23. The van der Waals surface area contributed by atoms with Gasteiger partial charge in [0.25, 0.3) is 0 Å². The van der Waals surface area contributed by atoms with Gasteiger partial charge >= 0.3 is 6.09 Å². The highest BCUT2D eigenvalue weighted by Gasteiger charge is 2.39. The van der Waals surface area contributed by atoms with Crippen molar-refractivity contribution in [2.45, 2.75) is 76.7 Å². The summed E-state index contributed by atoms with van der Waals surface area (Å²) in [5.41, 5.74) is -0.232. The minimum absolute atomic E-state index is 0.111. The third-order valence-electron chi connectivity index (χ3n) is 5.51. The number of nitrogens with zero attached hydrogens (tertiary/aromatic N) is 2. The van der Waals surface area contributed by atoms with Crippen molar-refractivity contribution in [1.82, 2.24) is 10.1 Å². The van der Waals surface area contributed by atoms with Gasteiger partial charge < -0.3 is 14.2 Å². The van der Waals surface area contributed by atoms with E-state index in [1.165, 1.54) is 0 Å². The first-order chi connectivity index (χ1) is 13.5. The summed E-state index contributed by atoms with van der Waals surface area (Å²) in [6.07, 6.45) is 0.174. The average Bonchev–Trinajstić information content (AvgIpc) is 3.10. The molecule has 1 aromatic heterocycles. The fraction of sp³-hybridized carbons (Fsp3) is 0.750. The second-order valence-corrected chi connectivity index (χ2v) is 9.04. The van der Waals surface area contributed by atoms with Crippen LogP contribution >= 0.6 is 0 Å². The molecule has 9 heteroatoms. The number of ether oxygens (including phenoxy) is 1. The van der Waals surface area contributed by atoms with Crippen LogP contribution in [-0.4, -0.2) is 47.2 Å². The Balaban J connectivity index is 1.49. The summed E-state index contributed by atoms with van der Waals surface area (Å²) >= 11 is 0. The van der Waals surface area contributed by atoms with Crippen molar-refractivity contribution in [2.75, 3.05) is 18.4 Å². The summed E-state index contributed by atoms with van der Waals surface area (Å²) in [4.78, 5) is 26.5. The van der Waals surface area contributed by atoms with Crippen LogP contribution in [0.1, 0.15) is 65.1 Å². The Morgan fingerprint density at radius 3 is 2.59 bits per heavy atom. The molecule has 1 aromatic rings. The van der Waals surface area contributed by atoms with Gasteiger partial charge in [0.1, 0.15) is 11.9 Å². The van der Waals surface area contributed by atoms with Crippen LogP contribution in [0, 0.1) is 5.92 Å². The highest BCUT2D eigenvalue weighted by Crippen LogP contribution is 2.37. The van der Waals surface area contributed by atoms with Gasteiger partial charge in [-0.25, -0.2) is 13.6 Å². The van der Waals surface area contributed by atoms with Crippen LogP contribution in [-0.2, 0) is 14.9 Å². The molecular formula is C20H29F2N3O4. The average molecular weight is 413 g/mol. The van der Waals surface area contributed by atoms with Crippen molar-refractivity contribution >= 4 is 17.8 Å². The number of aromatic nitrogens is 1. The smallest absolute Gasteiger partial charge is 0.413 e. The van der Waals surface area contributed by atoms with E-state index in [0.29, 0.717) is 25.1 Å². The van der Waals surface area contributed by atoms with Crippen molar-refractivity contribution in [1.29, 1.82) is 0 Å². The van der Waals surface area contributed by atoms with Crippen LogP contribution < -0.4 is 5.32 Å². The van der Waals surface area contributed by atoms with E-state index >= 15 is 0 Å². The van der Waals surface area contributed by atoms with Crippen molar-refractivity contribution in [3.63, 3.8) is 0 Å². The van der Waals surface area contributed by atoms with Gasteiger partial charge in [-0.05, 0) is 25.7 Å². The normalized spacial score (nSPS) is 22.9. The van der Waals surface area contributed by atoms with Gasteiger partial charge in [0, 0.05) is 36.8 Å². The molecule has 2 amide bonds. The maximum atomic E-state index is 13.3. The Morgan fingerprint density at radius 1 is 1.28 bits per heavy atom. The highest BCUT2D eigenvalue weighted by atomic mass is 19.3. The first-order valence-electron chi connectivity index (χ1n) is 10.1. The molecule has 0 bridgehead atoms. The van der Waals surface area contributed by atoms with E-state index in [0.717, 1.165) is 0 Å². The number of amides is 2. The predicted octanol–water partition coefficient (Wildman–Crippen LogP) is 4.34. The Bertz CT molecular complexity index is 734. The van der Waals surface area contributed by atoms with Crippen LogP contribution in [0.4, 0.5) is 19.4 Å². The summed E-state index contributed by atoms with van der Waals surface area (Å²) in [7, 11) is 0. The molecule has 1 saturated carbocycles. The minimum atomic E-state index is -2.66. The van der Waals surface area contributed by atoms with Gasteiger partial charge in [0.15, 0.2) is 5.82 Å². The molecule has 1 saturated heterocycles. The van der Waals surface area contributed by atoms with E-state index < -0.39 is 18.1 Å². The standard InChI is InChI=1S/C20H29F2N3O4/c1-19(2,3)15-11-16(24-29-15)23-18(27)28-14-5-4-10-25(12-14)17(26)13-6-8-20(21,22)9-7-13/h11,13-14H,4-10,12H2,1-3H3,(H,23,24,27). The number of likely N-dealkylation sites (tertiary alicyclic amines) is 1. The maximum absolute atomic E-state index is 13.3. The number of piperidine rings is 1. The number of carbonyl (C=O) groups is 2. The summed E-state index contributed by atoms with van der Waals surface area (Å²) in [6, 6.07) is 1.65. The molecule has 1 N–H and O–H groups in total. The number of hydrogen-bond acceptors (Lipinski definition) is 5. The number of nitrogens with one attached hydrogen (secondary N) is 1. The van der Waals surface area contributed by atoms with E-state index in [1.807, 2.05) is 20.8 Å². The van der Waals surface area contributed by atoms with Crippen molar-refractivity contribution in [2.24, 2.45) is 5.92 Å². The molecule has 1 aliphatic heterocycles. The zero-order valence-corrected chi connectivity index (χ0v) is 17.2. The lowest BCUT2D eigenvalue weighted by Crippen LogP contribution is -2.47. The zero-order valence-electron chi connectivity index (χ0n) is 17.2. The molecule has 2 fully saturated rings. The monoisotopic (exact) mass is 413 g/mol. The fourth-order valence-electron chi connectivity index (χ4n) is 3.75. The number of anilines is 1. The lowest BCUT2D eigenvalue weighted by atomic mass is 9.85. The molecule has 1 aliphatic carbocycles. The summed E-state index contributed by atoms with van der Waals surface area (Å²) < 4.78 is 37.3. The largest absolute Gasteiger partial charge is 0.444 e. The molecule has 7 nitrogen and oxygen atoms in total. The number of hydrogen-bond donors (Lipinski definition) is 1. The lowest BCUT2D eigenvalue weighted by Gasteiger charge is -2.36. The van der Waals surface area contributed by atoms with E-state index in [1.54, 1.807) is 11.0 Å². The SMILES string of the molecule is CC(C)(C)c1cc(NC(=O)OC2CCCN(C(=O)C3CCC(F)(F)CC3)C2)no1. The molecule has 162 valence electrons. The molecule has 0 radical (unpaired) electrons. The van der Waals surface area contributed by atoms with Crippen molar-refractivity contribution in [3.8, 4) is 0 Å². The van der Waals surface area contributed by atoms with Gasteiger partial charge in [-0.2, -0.15) is 0 Å².